The van der Waals surface area contributed by atoms with E-state index in [-0.39, 0.29) is 29.1 Å². The Labute approximate surface area is 177 Å². The minimum atomic E-state index is -0.932. The molecule has 1 aromatic heterocycles. The van der Waals surface area contributed by atoms with E-state index in [2.05, 4.69) is 32.3 Å². The summed E-state index contributed by atoms with van der Waals surface area (Å²) in [5, 5.41) is 13.2. The number of thioether (sulfide) groups is 1. The molecule has 0 aliphatic rings. The van der Waals surface area contributed by atoms with Crippen LogP contribution in [0.5, 0.6) is 0 Å². The van der Waals surface area contributed by atoms with Gasteiger partial charge in [-0.1, -0.05) is 55.4 Å². The zero-order chi connectivity index (χ0) is 21.1. The van der Waals surface area contributed by atoms with Crippen molar-refractivity contribution >= 4 is 44.5 Å². The van der Waals surface area contributed by atoms with Crippen LogP contribution >= 0.6 is 27.7 Å². The van der Waals surface area contributed by atoms with Crippen LogP contribution in [0.4, 0.5) is 0 Å². The number of nitrogens with one attached hydrogen (secondary N) is 1. The lowest BCUT2D eigenvalue weighted by molar-refractivity contribution is -0.120. The normalized spacial score (nSPS) is 13.5. The lowest BCUT2D eigenvalue weighted by Gasteiger charge is -2.27. The second kappa shape index (κ2) is 9.10. The van der Waals surface area contributed by atoms with Gasteiger partial charge in [0.1, 0.15) is 5.54 Å². The smallest absolute Gasteiger partial charge is 0.262 e. The number of hydrogen-bond acceptors (Lipinski definition) is 5. The number of hydrogen-bond donors (Lipinski definition) is 1. The van der Waals surface area contributed by atoms with E-state index in [1.165, 1.54) is 11.8 Å². The van der Waals surface area contributed by atoms with Gasteiger partial charge in [-0.25, -0.2) is 4.98 Å². The van der Waals surface area contributed by atoms with Crippen LogP contribution in [0.25, 0.3) is 10.9 Å². The minimum Gasteiger partial charge on any atom is -0.337 e. The molecule has 1 atom stereocenters. The molecule has 2 rings (SSSR count). The zero-order valence-electron chi connectivity index (χ0n) is 16.7. The molecule has 28 heavy (non-hydrogen) atoms. The van der Waals surface area contributed by atoms with Crippen molar-refractivity contribution in [2.75, 3.05) is 5.75 Å². The third-order valence-corrected chi connectivity index (χ3v) is 6.02. The molecule has 0 aliphatic carbocycles. The van der Waals surface area contributed by atoms with Gasteiger partial charge in [0, 0.05) is 11.0 Å². The molecule has 1 unspecified atom stereocenters. The van der Waals surface area contributed by atoms with E-state index >= 15 is 0 Å². The fraction of sp³-hybridized carbons (Fsp3) is 0.500. The van der Waals surface area contributed by atoms with Crippen LogP contribution < -0.4 is 10.9 Å². The molecule has 8 heteroatoms. The number of nitriles is 1. The maximum absolute atomic E-state index is 13.0. The van der Waals surface area contributed by atoms with Crippen LogP contribution in [0.2, 0.25) is 0 Å². The molecule has 0 fully saturated rings. The van der Waals surface area contributed by atoms with Gasteiger partial charge in [0.15, 0.2) is 5.16 Å². The monoisotopic (exact) mass is 464 g/mol. The molecular weight excluding hydrogens is 440 g/mol. The molecule has 1 amide bonds. The van der Waals surface area contributed by atoms with Gasteiger partial charge in [-0.2, -0.15) is 5.26 Å². The van der Waals surface area contributed by atoms with Crippen LogP contribution in [0.3, 0.4) is 0 Å². The molecular formula is C20H25BrN4O2S. The van der Waals surface area contributed by atoms with E-state index in [1.807, 2.05) is 33.8 Å². The van der Waals surface area contributed by atoms with E-state index in [9.17, 15) is 14.9 Å². The zero-order valence-corrected chi connectivity index (χ0v) is 19.1. The van der Waals surface area contributed by atoms with Gasteiger partial charge in [0.2, 0.25) is 5.91 Å². The van der Waals surface area contributed by atoms with Crippen LogP contribution in [-0.4, -0.2) is 26.8 Å². The van der Waals surface area contributed by atoms with Gasteiger partial charge in [-0.15, -0.1) is 0 Å². The van der Waals surface area contributed by atoms with E-state index in [4.69, 9.17) is 0 Å². The maximum Gasteiger partial charge on any atom is 0.262 e. The van der Waals surface area contributed by atoms with Crippen molar-refractivity contribution in [2.45, 2.75) is 51.9 Å². The molecule has 6 nitrogen and oxygen atoms in total. The first-order valence-electron chi connectivity index (χ1n) is 9.12. The lowest BCUT2D eigenvalue weighted by atomic mass is 9.90. The number of benzene rings is 1. The molecule has 2 aromatic rings. The van der Waals surface area contributed by atoms with Crippen molar-refractivity contribution in [3.05, 3.63) is 33.0 Å². The number of fused-ring (bicyclic) bond motifs is 1. The summed E-state index contributed by atoms with van der Waals surface area (Å²) in [6.45, 7) is 10.1. The van der Waals surface area contributed by atoms with E-state index in [0.29, 0.717) is 22.6 Å². The van der Waals surface area contributed by atoms with E-state index in [1.54, 1.807) is 23.6 Å². The summed E-state index contributed by atoms with van der Waals surface area (Å²) in [4.78, 5) is 30.0. The Morgan fingerprint density at radius 3 is 2.64 bits per heavy atom. The minimum absolute atomic E-state index is 0.0252. The number of amides is 1. The Bertz CT molecular complexity index is 981. The number of aromatic nitrogens is 2. The first-order valence-corrected chi connectivity index (χ1v) is 10.9. The van der Waals surface area contributed by atoms with Crippen LogP contribution in [0.15, 0.2) is 32.6 Å². The molecule has 0 bridgehead atoms. The highest BCUT2D eigenvalue weighted by Gasteiger charge is 2.30. The summed E-state index contributed by atoms with van der Waals surface area (Å²) in [5.41, 5.74) is -0.453. The van der Waals surface area contributed by atoms with Crippen molar-refractivity contribution in [1.82, 2.24) is 14.9 Å². The van der Waals surface area contributed by atoms with Crippen LogP contribution in [0.1, 0.15) is 34.6 Å². The topological polar surface area (TPSA) is 87.8 Å². The summed E-state index contributed by atoms with van der Waals surface area (Å²) in [7, 11) is 0. The largest absolute Gasteiger partial charge is 0.337 e. The quantitative estimate of drug-likeness (QED) is 0.494. The van der Waals surface area contributed by atoms with Crippen molar-refractivity contribution in [3.8, 4) is 6.07 Å². The molecule has 150 valence electrons. The van der Waals surface area contributed by atoms with Crippen LogP contribution in [0, 0.1) is 23.2 Å². The Kier molecular flexibility index (Phi) is 7.29. The van der Waals surface area contributed by atoms with Crippen molar-refractivity contribution < 1.29 is 4.79 Å². The summed E-state index contributed by atoms with van der Waals surface area (Å²) < 4.78 is 2.45. The van der Waals surface area contributed by atoms with Gasteiger partial charge < -0.3 is 5.32 Å². The summed E-state index contributed by atoms with van der Waals surface area (Å²) in [5.74, 6) is 0.0447. The average Bonchev–Trinajstić information content (AvgIpc) is 2.62. The summed E-state index contributed by atoms with van der Waals surface area (Å²) in [6.07, 6.45) is 0. The first kappa shape index (κ1) is 22.4. The average molecular weight is 465 g/mol. The molecule has 1 heterocycles. The molecule has 0 saturated carbocycles. The molecule has 1 N–H and O–H groups in total. The Morgan fingerprint density at radius 1 is 1.39 bits per heavy atom. The number of nitrogens with zero attached hydrogens (tertiary/aromatic N) is 3. The summed E-state index contributed by atoms with van der Waals surface area (Å²) in [6, 6.07) is 7.56. The molecule has 1 aromatic carbocycles. The van der Waals surface area contributed by atoms with Crippen molar-refractivity contribution in [1.29, 1.82) is 5.26 Å². The Balaban J connectivity index is 2.33. The van der Waals surface area contributed by atoms with Gasteiger partial charge in [-0.3, -0.25) is 14.2 Å². The number of halogens is 1. The second-order valence-electron chi connectivity index (χ2n) is 7.67. The third-order valence-electron chi connectivity index (χ3n) is 4.55. The predicted octanol–water partition coefficient (Wildman–Crippen LogP) is 3.96. The lowest BCUT2D eigenvalue weighted by Crippen LogP contribution is -2.49. The van der Waals surface area contributed by atoms with E-state index < -0.39 is 5.54 Å². The number of carbonyl (C=O) groups excluding carboxylic acids is 1. The fourth-order valence-electron chi connectivity index (χ4n) is 2.57. The highest BCUT2D eigenvalue weighted by Crippen LogP contribution is 2.22. The molecule has 0 spiro atoms. The van der Waals surface area contributed by atoms with Gasteiger partial charge in [0.25, 0.3) is 5.56 Å². The first-order chi connectivity index (χ1) is 13.1. The van der Waals surface area contributed by atoms with Crippen molar-refractivity contribution in [2.24, 2.45) is 11.8 Å². The number of rotatable bonds is 7. The second-order valence-corrected chi connectivity index (χ2v) is 9.53. The van der Waals surface area contributed by atoms with Gasteiger partial charge in [0.05, 0.1) is 22.7 Å². The SMILES string of the molecule is CC(C)Cn1c(SCC(=O)NC(C)(C#N)C(C)C)nc2ccc(Br)cc2c1=O. The van der Waals surface area contributed by atoms with Gasteiger partial charge in [-0.05, 0) is 37.0 Å². The Hall–Kier alpha value is -1.85. The van der Waals surface area contributed by atoms with E-state index in [0.717, 1.165) is 4.47 Å². The fourth-order valence-corrected chi connectivity index (χ4v) is 3.74. The molecule has 0 radical (unpaired) electrons. The molecule has 0 aliphatic heterocycles. The molecule has 0 saturated heterocycles. The highest BCUT2D eigenvalue weighted by atomic mass is 79.9. The van der Waals surface area contributed by atoms with Crippen molar-refractivity contribution in [3.63, 3.8) is 0 Å². The number of carbonyl (C=O) groups is 1. The predicted molar refractivity (Wildman–Crippen MR) is 116 cm³/mol. The van der Waals surface area contributed by atoms with Gasteiger partial charge >= 0.3 is 0 Å². The summed E-state index contributed by atoms with van der Waals surface area (Å²) >= 11 is 4.61. The third kappa shape index (κ3) is 5.15. The highest BCUT2D eigenvalue weighted by molar-refractivity contribution is 9.10. The van der Waals surface area contributed by atoms with Crippen LogP contribution in [-0.2, 0) is 11.3 Å². The standard InChI is InChI=1S/C20H25BrN4O2S/c1-12(2)9-25-18(27)15-8-14(21)6-7-16(15)23-19(25)28-10-17(26)24-20(5,11-22)13(3)4/h6-8,12-13H,9-10H2,1-5H3,(H,24,26). The maximum atomic E-state index is 13.0. The Morgan fingerprint density at radius 2 is 2.07 bits per heavy atom.